The van der Waals surface area contributed by atoms with Crippen molar-refractivity contribution in [3.05, 3.63) is 23.7 Å². The minimum atomic E-state index is -3.24. The SMILES string of the molecule is CCCNC(c1ccc(C(=O)OC)o1)C(C)S(C)(=O)=O. The number of hydrogen-bond donors (Lipinski definition) is 1. The van der Waals surface area contributed by atoms with E-state index in [0.29, 0.717) is 12.3 Å². The molecule has 0 amide bonds. The van der Waals surface area contributed by atoms with Crippen molar-refractivity contribution in [2.75, 3.05) is 19.9 Å². The Morgan fingerprint density at radius 3 is 2.60 bits per heavy atom. The van der Waals surface area contributed by atoms with E-state index in [-0.39, 0.29) is 5.76 Å². The van der Waals surface area contributed by atoms with E-state index in [2.05, 4.69) is 10.1 Å². The topological polar surface area (TPSA) is 85.6 Å². The molecule has 0 saturated carbocycles. The van der Waals surface area contributed by atoms with E-state index in [1.165, 1.54) is 19.4 Å². The molecule has 0 saturated heterocycles. The highest BCUT2D eigenvalue weighted by molar-refractivity contribution is 7.91. The third-order valence-electron chi connectivity index (χ3n) is 3.08. The van der Waals surface area contributed by atoms with Crippen molar-refractivity contribution >= 4 is 15.8 Å². The Kier molecular flexibility index (Phi) is 5.76. The molecule has 6 nitrogen and oxygen atoms in total. The Morgan fingerprint density at radius 2 is 2.10 bits per heavy atom. The van der Waals surface area contributed by atoms with Gasteiger partial charge in [-0.15, -0.1) is 0 Å². The first-order valence-corrected chi connectivity index (χ1v) is 8.37. The Bertz CT molecular complexity index is 549. The molecule has 7 heteroatoms. The molecule has 2 unspecified atom stereocenters. The monoisotopic (exact) mass is 303 g/mol. The predicted octanol–water partition coefficient (Wildman–Crippen LogP) is 1.54. The van der Waals surface area contributed by atoms with Crippen molar-refractivity contribution in [1.82, 2.24) is 5.32 Å². The highest BCUT2D eigenvalue weighted by Crippen LogP contribution is 2.24. The van der Waals surface area contributed by atoms with Crippen LogP contribution in [0.15, 0.2) is 16.5 Å². The molecule has 0 fully saturated rings. The number of carbonyl (C=O) groups excluding carboxylic acids is 1. The third kappa shape index (κ3) is 4.08. The second-order valence-corrected chi connectivity index (χ2v) is 7.06. The van der Waals surface area contributed by atoms with Crippen molar-refractivity contribution in [3.63, 3.8) is 0 Å². The van der Waals surface area contributed by atoms with E-state index in [1.807, 2.05) is 6.92 Å². The van der Waals surface area contributed by atoms with Crippen molar-refractivity contribution in [2.45, 2.75) is 31.6 Å². The van der Waals surface area contributed by atoms with Crippen LogP contribution < -0.4 is 5.32 Å². The number of carbonyl (C=O) groups is 1. The maximum absolute atomic E-state index is 11.7. The van der Waals surface area contributed by atoms with Crippen LogP contribution in [0.25, 0.3) is 0 Å². The molecule has 0 aliphatic heterocycles. The van der Waals surface area contributed by atoms with Gasteiger partial charge in [0.2, 0.25) is 5.76 Å². The number of nitrogens with one attached hydrogen (secondary N) is 1. The Morgan fingerprint density at radius 1 is 1.45 bits per heavy atom. The summed E-state index contributed by atoms with van der Waals surface area (Å²) in [6.07, 6.45) is 2.04. The first-order valence-electron chi connectivity index (χ1n) is 6.41. The molecule has 1 rings (SSSR count). The van der Waals surface area contributed by atoms with Crippen molar-refractivity contribution < 1.29 is 22.4 Å². The minimum Gasteiger partial charge on any atom is -0.463 e. The summed E-state index contributed by atoms with van der Waals surface area (Å²) in [5.41, 5.74) is 0. The summed E-state index contributed by atoms with van der Waals surface area (Å²) in [4.78, 5) is 11.4. The summed E-state index contributed by atoms with van der Waals surface area (Å²) in [6, 6.07) is 2.58. The first-order chi connectivity index (χ1) is 9.31. The molecule has 1 aromatic rings. The average Bonchev–Trinajstić information content (AvgIpc) is 2.86. The number of methoxy groups -OCH3 is 1. The molecule has 0 spiro atoms. The zero-order valence-corrected chi connectivity index (χ0v) is 13.0. The lowest BCUT2D eigenvalue weighted by Crippen LogP contribution is -2.35. The van der Waals surface area contributed by atoms with Crippen molar-refractivity contribution in [1.29, 1.82) is 0 Å². The summed E-state index contributed by atoms with van der Waals surface area (Å²) in [5.74, 6) is -0.110. The fraction of sp³-hybridized carbons (Fsp3) is 0.615. The number of furan rings is 1. The highest BCUT2D eigenvalue weighted by atomic mass is 32.2. The van der Waals surface area contributed by atoms with Gasteiger partial charge in [0.05, 0.1) is 18.4 Å². The van der Waals surface area contributed by atoms with Crippen LogP contribution in [-0.2, 0) is 14.6 Å². The van der Waals surface area contributed by atoms with Crippen LogP contribution in [0, 0.1) is 0 Å². The normalized spacial score (nSPS) is 14.8. The largest absolute Gasteiger partial charge is 0.463 e. The number of ether oxygens (including phenoxy) is 1. The van der Waals surface area contributed by atoms with Gasteiger partial charge in [-0.2, -0.15) is 0 Å². The summed E-state index contributed by atoms with van der Waals surface area (Å²) < 4.78 is 33.4. The van der Waals surface area contributed by atoms with E-state index < -0.39 is 27.1 Å². The van der Waals surface area contributed by atoms with Gasteiger partial charge in [0.25, 0.3) is 0 Å². The summed E-state index contributed by atoms with van der Waals surface area (Å²) in [5, 5.41) is 2.48. The van der Waals surface area contributed by atoms with Crippen molar-refractivity contribution in [3.8, 4) is 0 Å². The zero-order chi connectivity index (χ0) is 15.3. The van der Waals surface area contributed by atoms with E-state index in [9.17, 15) is 13.2 Å². The zero-order valence-electron chi connectivity index (χ0n) is 12.2. The molecule has 0 aliphatic carbocycles. The molecule has 0 aromatic carbocycles. The molecular formula is C13H21NO5S. The van der Waals surface area contributed by atoms with Gasteiger partial charge in [0.15, 0.2) is 9.84 Å². The molecule has 0 radical (unpaired) electrons. The highest BCUT2D eigenvalue weighted by Gasteiger charge is 2.30. The fourth-order valence-electron chi connectivity index (χ4n) is 1.78. The molecule has 20 heavy (non-hydrogen) atoms. The van der Waals surface area contributed by atoms with Gasteiger partial charge in [-0.25, -0.2) is 13.2 Å². The third-order valence-corrected chi connectivity index (χ3v) is 4.70. The number of sulfone groups is 1. The summed E-state index contributed by atoms with van der Waals surface area (Å²) >= 11 is 0. The second kappa shape index (κ2) is 6.90. The van der Waals surface area contributed by atoms with Gasteiger partial charge in [-0.05, 0) is 32.0 Å². The van der Waals surface area contributed by atoms with Crippen LogP contribution >= 0.6 is 0 Å². The smallest absolute Gasteiger partial charge is 0.373 e. The molecule has 0 bridgehead atoms. The Balaban J connectivity index is 3.04. The maximum Gasteiger partial charge on any atom is 0.373 e. The molecule has 1 aromatic heterocycles. The van der Waals surface area contributed by atoms with E-state index in [1.54, 1.807) is 13.0 Å². The van der Waals surface area contributed by atoms with E-state index in [4.69, 9.17) is 4.42 Å². The molecule has 114 valence electrons. The average molecular weight is 303 g/mol. The van der Waals surface area contributed by atoms with Gasteiger partial charge in [0, 0.05) is 6.26 Å². The predicted molar refractivity (Wildman–Crippen MR) is 75.4 cm³/mol. The Hall–Kier alpha value is -1.34. The van der Waals surface area contributed by atoms with Gasteiger partial charge >= 0.3 is 5.97 Å². The van der Waals surface area contributed by atoms with Crippen LogP contribution in [0.2, 0.25) is 0 Å². The lowest BCUT2D eigenvalue weighted by Gasteiger charge is -2.22. The van der Waals surface area contributed by atoms with Crippen LogP contribution in [0.4, 0.5) is 0 Å². The second-order valence-electron chi connectivity index (χ2n) is 4.66. The molecule has 0 aliphatic rings. The molecule has 2 atom stereocenters. The van der Waals surface area contributed by atoms with Gasteiger partial charge in [0.1, 0.15) is 5.76 Å². The fourth-order valence-corrected chi connectivity index (χ4v) is 2.50. The van der Waals surface area contributed by atoms with Crippen molar-refractivity contribution in [2.24, 2.45) is 0 Å². The van der Waals surface area contributed by atoms with Crippen LogP contribution in [-0.4, -0.2) is 39.5 Å². The quantitative estimate of drug-likeness (QED) is 0.769. The molecule has 1 heterocycles. The summed E-state index contributed by atoms with van der Waals surface area (Å²) in [7, 11) is -1.98. The number of hydrogen-bond acceptors (Lipinski definition) is 6. The molecule has 1 N–H and O–H groups in total. The first kappa shape index (κ1) is 16.7. The molecular weight excluding hydrogens is 282 g/mol. The maximum atomic E-state index is 11.7. The summed E-state index contributed by atoms with van der Waals surface area (Å²) in [6.45, 7) is 4.25. The van der Waals surface area contributed by atoms with Gasteiger partial charge in [-0.3, -0.25) is 0 Å². The van der Waals surface area contributed by atoms with Crippen LogP contribution in [0.1, 0.15) is 42.6 Å². The van der Waals surface area contributed by atoms with Crippen LogP contribution in [0.3, 0.4) is 0 Å². The standard InChI is InChI=1S/C13H21NO5S/c1-5-8-14-12(9(2)20(4,16)17)10-6-7-11(19-10)13(15)18-3/h6-7,9,12,14H,5,8H2,1-4H3. The van der Waals surface area contributed by atoms with E-state index in [0.717, 1.165) is 6.42 Å². The van der Waals surface area contributed by atoms with E-state index >= 15 is 0 Å². The minimum absolute atomic E-state index is 0.0616. The van der Waals surface area contributed by atoms with Gasteiger partial charge < -0.3 is 14.5 Å². The van der Waals surface area contributed by atoms with Gasteiger partial charge in [-0.1, -0.05) is 6.92 Å². The lowest BCUT2D eigenvalue weighted by atomic mass is 10.1. The lowest BCUT2D eigenvalue weighted by molar-refractivity contribution is 0.0562. The number of rotatable bonds is 7. The Labute approximate surface area is 119 Å². The number of esters is 1. The van der Waals surface area contributed by atoms with Crippen LogP contribution in [0.5, 0.6) is 0 Å².